The van der Waals surface area contributed by atoms with Crippen molar-refractivity contribution in [3.63, 3.8) is 0 Å². The minimum atomic E-state index is 0. The Labute approximate surface area is 162 Å². The molecular weight excluding hydrogens is 419 g/mol. The molecule has 1 spiro atoms. The zero-order valence-corrected chi connectivity index (χ0v) is 17.2. The van der Waals surface area contributed by atoms with E-state index in [0.717, 1.165) is 25.4 Å². The van der Waals surface area contributed by atoms with Crippen LogP contribution in [-0.2, 0) is 9.53 Å². The number of hydrogen-bond donors (Lipinski definition) is 2. The van der Waals surface area contributed by atoms with Crippen LogP contribution in [0.25, 0.3) is 0 Å². The van der Waals surface area contributed by atoms with Gasteiger partial charge in [-0.3, -0.25) is 4.79 Å². The topological polar surface area (TPSA) is 66.0 Å². The summed E-state index contributed by atoms with van der Waals surface area (Å²) in [6, 6.07) is 0.914. The van der Waals surface area contributed by atoms with Crippen molar-refractivity contribution >= 4 is 35.8 Å². The van der Waals surface area contributed by atoms with Gasteiger partial charge in [0.25, 0.3) is 0 Å². The lowest BCUT2D eigenvalue weighted by molar-refractivity contribution is -0.127. The van der Waals surface area contributed by atoms with Crippen LogP contribution in [-0.4, -0.2) is 61.7 Å². The fourth-order valence-electron chi connectivity index (χ4n) is 3.55. The first-order valence-corrected chi connectivity index (χ1v) is 8.98. The summed E-state index contributed by atoms with van der Waals surface area (Å²) in [5.41, 5.74) is 0.0973. The summed E-state index contributed by atoms with van der Waals surface area (Å²) in [7, 11) is 3.53. The Morgan fingerprint density at radius 3 is 2.46 bits per heavy atom. The van der Waals surface area contributed by atoms with Gasteiger partial charge >= 0.3 is 0 Å². The molecule has 0 aromatic heterocycles. The van der Waals surface area contributed by atoms with Gasteiger partial charge in [-0.2, -0.15) is 0 Å². The molecule has 2 aliphatic carbocycles. The lowest BCUT2D eigenvalue weighted by atomic mass is 9.89. The fourth-order valence-corrected chi connectivity index (χ4v) is 3.55. The molecule has 0 radical (unpaired) electrons. The van der Waals surface area contributed by atoms with Crippen molar-refractivity contribution < 1.29 is 9.53 Å². The van der Waals surface area contributed by atoms with Gasteiger partial charge in [0.15, 0.2) is 5.96 Å². The van der Waals surface area contributed by atoms with E-state index in [2.05, 4.69) is 15.6 Å². The Bertz CT molecular complexity index is 460. The molecule has 1 saturated heterocycles. The number of guanidine groups is 1. The first-order chi connectivity index (χ1) is 11.1. The highest BCUT2D eigenvalue weighted by Gasteiger charge is 2.40. The molecular formula is C17H31IN4O2. The minimum absolute atomic E-state index is 0. The van der Waals surface area contributed by atoms with Crippen LogP contribution in [0.3, 0.4) is 0 Å². The van der Waals surface area contributed by atoms with E-state index >= 15 is 0 Å². The van der Waals surface area contributed by atoms with Gasteiger partial charge in [0.1, 0.15) is 6.54 Å². The number of amides is 1. The smallest absolute Gasteiger partial charge is 0.243 e. The SMILES string of the molecule is CN(C)C(=O)CN=C(NC1CC1)NC1CCOC2(CCCC2)C1.I. The van der Waals surface area contributed by atoms with E-state index < -0.39 is 0 Å². The van der Waals surface area contributed by atoms with Crippen LogP contribution in [0.4, 0.5) is 0 Å². The number of hydrogen-bond acceptors (Lipinski definition) is 3. The molecule has 3 rings (SSSR count). The third kappa shape index (κ3) is 5.47. The summed E-state index contributed by atoms with van der Waals surface area (Å²) in [5.74, 6) is 0.823. The summed E-state index contributed by atoms with van der Waals surface area (Å²) in [5, 5.41) is 7.00. The van der Waals surface area contributed by atoms with Gasteiger partial charge in [0, 0.05) is 32.8 Å². The first-order valence-electron chi connectivity index (χ1n) is 8.98. The van der Waals surface area contributed by atoms with Gasteiger partial charge in [-0.15, -0.1) is 24.0 Å². The molecule has 138 valence electrons. The van der Waals surface area contributed by atoms with Crippen molar-refractivity contribution in [1.29, 1.82) is 0 Å². The number of nitrogens with zero attached hydrogens (tertiary/aromatic N) is 2. The molecule has 6 nitrogen and oxygen atoms in total. The molecule has 1 atom stereocenters. The normalized spacial score (nSPS) is 25.9. The van der Waals surface area contributed by atoms with Gasteiger partial charge in [-0.05, 0) is 38.5 Å². The molecule has 7 heteroatoms. The molecule has 0 aromatic rings. The number of nitrogens with one attached hydrogen (secondary N) is 2. The molecule has 24 heavy (non-hydrogen) atoms. The minimum Gasteiger partial charge on any atom is -0.375 e. The third-order valence-electron chi connectivity index (χ3n) is 5.14. The summed E-state index contributed by atoms with van der Waals surface area (Å²) < 4.78 is 6.10. The van der Waals surface area contributed by atoms with Crippen LogP contribution in [0.1, 0.15) is 51.4 Å². The molecule has 3 aliphatic rings. The quantitative estimate of drug-likeness (QED) is 0.390. The van der Waals surface area contributed by atoms with Crippen LogP contribution in [0.2, 0.25) is 0 Å². The summed E-state index contributed by atoms with van der Waals surface area (Å²) in [4.78, 5) is 17.9. The number of carbonyl (C=O) groups is 1. The molecule has 3 fully saturated rings. The summed E-state index contributed by atoms with van der Waals surface area (Å²) in [6.45, 7) is 1.02. The highest BCUT2D eigenvalue weighted by atomic mass is 127. The zero-order chi connectivity index (χ0) is 16.3. The van der Waals surface area contributed by atoms with E-state index in [1.165, 1.54) is 38.5 Å². The second-order valence-electron chi connectivity index (χ2n) is 7.44. The van der Waals surface area contributed by atoms with E-state index in [1.54, 1.807) is 19.0 Å². The Morgan fingerprint density at radius 1 is 1.17 bits per heavy atom. The second-order valence-corrected chi connectivity index (χ2v) is 7.44. The number of rotatable bonds is 4. The molecule has 0 aromatic carbocycles. The van der Waals surface area contributed by atoms with Crippen LogP contribution < -0.4 is 10.6 Å². The Hall–Kier alpha value is -0.570. The van der Waals surface area contributed by atoms with E-state index in [-0.39, 0.29) is 42.0 Å². The predicted octanol–water partition coefficient (Wildman–Crippen LogP) is 1.88. The zero-order valence-electron chi connectivity index (χ0n) is 14.8. The summed E-state index contributed by atoms with van der Waals surface area (Å²) >= 11 is 0. The number of ether oxygens (including phenoxy) is 1. The van der Waals surface area contributed by atoms with Crippen LogP contribution >= 0.6 is 24.0 Å². The van der Waals surface area contributed by atoms with Crippen molar-refractivity contribution in [2.75, 3.05) is 27.2 Å². The maximum absolute atomic E-state index is 11.8. The average molecular weight is 450 g/mol. The number of halogens is 1. The maximum Gasteiger partial charge on any atom is 0.243 e. The predicted molar refractivity (Wildman–Crippen MR) is 106 cm³/mol. The number of carbonyl (C=O) groups excluding carboxylic acids is 1. The number of aliphatic imine (C=N–C) groups is 1. The van der Waals surface area contributed by atoms with Crippen molar-refractivity contribution in [1.82, 2.24) is 15.5 Å². The molecule has 1 unspecified atom stereocenters. The monoisotopic (exact) mass is 450 g/mol. The standard InChI is InChI=1S/C17H30N4O2.HI/c1-21(2)15(22)12-18-16(19-13-5-6-13)20-14-7-10-23-17(11-14)8-3-4-9-17;/h13-14H,3-12H2,1-2H3,(H2,18,19,20);1H. The molecule has 1 amide bonds. The van der Waals surface area contributed by atoms with Crippen LogP contribution in [0, 0.1) is 0 Å². The highest BCUT2D eigenvalue weighted by Crippen LogP contribution is 2.39. The van der Waals surface area contributed by atoms with E-state index in [9.17, 15) is 4.79 Å². The maximum atomic E-state index is 11.8. The van der Waals surface area contributed by atoms with Crippen molar-refractivity contribution in [3.05, 3.63) is 0 Å². The largest absolute Gasteiger partial charge is 0.375 e. The second kappa shape index (κ2) is 8.69. The van der Waals surface area contributed by atoms with Gasteiger partial charge in [-0.25, -0.2) is 4.99 Å². The van der Waals surface area contributed by atoms with Crippen molar-refractivity contribution in [2.24, 2.45) is 4.99 Å². The van der Waals surface area contributed by atoms with Crippen LogP contribution in [0.15, 0.2) is 4.99 Å². The summed E-state index contributed by atoms with van der Waals surface area (Å²) in [6.07, 6.45) is 9.39. The van der Waals surface area contributed by atoms with E-state index in [0.29, 0.717) is 12.1 Å². The first kappa shape index (κ1) is 19.8. The average Bonchev–Trinajstić information content (AvgIpc) is 3.23. The lowest BCUT2D eigenvalue weighted by Gasteiger charge is -2.39. The Kier molecular flexibility index (Phi) is 7.15. The third-order valence-corrected chi connectivity index (χ3v) is 5.14. The van der Waals surface area contributed by atoms with E-state index in [1.807, 2.05) is 0 Å². The van der Waals surface area contributed by atoms with Crippen molar-refractivity contribution in [3.8, 4) is 0 Å². The molecule has 2 saturated carbocycles. The van der Waals surface area contributed by atoms with Crippen molar-refractivity contribution in [2.45, 2.75) is 69.1 Å². The lowest BCUT2D eigenvalue weighted by Crippen LogP contribution is -2.51. The Morgan fingerprint density at radius 2 is 1.83 bits per heavy atom. The Balaban J connectivity index is 0.00000208. The molecule has 1 heterocycles. The number of likely N-dealkylation sites (N-methyl/N-ethyl adjacent to an activating group) is 1. The molecule has 2 N–H and O–H groups in total. The van der Waals surface area contributed by atoms with Gasteiger partial charge in [0.05, 0.1) is 5.60 Å². The van der Waals surface area contributed by atoms with Gasteiger partial charge in [0.2, 0.25) is 5.91 Å². The fraction of sp³-hybridized carbons (Fsp3) is 0.882. The molecule has 1 aliphatic heterocycles. The van der Waals surface area contributed by atoms with E-state index in [4.69, 9.17) is 4.74 Å². The van der Waals surface area contributed by atoms with Gasteiger partial charge in [-0.1, -0.05) is 12.8 Å². The molecule has 0 bridgehead atoms. The highest BCUT2D eigenvalue weighted by molar-refractivity contribution is 14.0. The van der Waals surface area contributed by atoms with Crippen LogP contribution in [0.5, 0.6) is 0 Å². The van der Waals surface area contributed by atoms with Gasteiger partial charge < -0.3 is 20.3 Å².